The zero-order valence-corrected chi connectivity index (χ0v) is 15.3. The number of anilines is 1. The van der Waals surface area contributed by atoms with Crippen LogP contribution in [0.4, 0.5) is 23.5 Å². The summed E-state index contributed by atoms with van der Waals surface area (Å²) in [6.07, 6.45) is -4.74. The molecule has 3 aromatic heterocycles. The van der Waals surface area contributed by atoms with Crippen LogP contribution in [0.15, 0.2) is 28.6 Å². The van der Waals surface area contributed by atoms with Crippen LogP contribution >= 0.6 is 11.3 Å². The van der Waals surface area contributed by atoms with Crippen molar-refractivity contribution in [1.82, 2.24) is 15.0 Å². The van der Waals surface area contributed by atoms with Gasteiger partial charge in [-0.25, -0.2) is 45.7 Å². The molecule has 3 heterocycles. The summed E-state index contributed by atoms with van der Waals surface area (Å²) in [4.78, 5) is 11.4. The number of pyridine rings is 1. The third kappa shape index (κ3) is 4.16. The molecule has 3 rings (SSSR count). The van der Waals surface area contributed by atoms with E-state index in [9.17, 15) is 26.0 Å². The van der Waals surface area contributed by atoms with E-state index < -0.39 is 35.0 Å². The fourth-order valence-electron chi connectivity index (χ4n) is 2.32. The van der Waals surface area contributed by atoms with Gasteiger partial charge in [0, 0.05) is 29.1 Å². The van der Waals surface area contributed by atoms with Crippen LogP contribution in [0, 0.1) is 6.92 Å². The Morgan fingerprint density at radius 3 is 2.56 bits per heavy atom. The first kappa shape index (κ1) is 19.4. The van der Waals surface area contributed by atoms with Crippen molar-refractivity contribution in [3.8, 4) is 0 Å². The van der Waals surface area contributed by atoms with E-state index in [2.05, 4.69) is 19.7 Å². The van der Waals surface area contributed by atoms with Crippen molar-refractivity contribution in [2.75, 3.05) is 4.72 Å². The molecule has 12 heteroatoms. The van der Waals surface area contributed by atoms with Crippen LogP contribution in [-0.2, 0) is 16.4 Å². The summed E-state index contributed by atoms with van der Waals surface area (Å²) in [5.41, 5.74) is -0.0195. The molecular formula is C15H12F4N4O2S2. The first-order valence-electron chi connectivity index (χ1n) is 7.47. The fraction of sp³-hybridized carbons (Fsp3) is 0.267. The Kier molecular flexibility index (Phi) is 5.29. The molecule has 0 spiro atoms. The largest absolute Gasteiger partial charge is 0.280 e. The zero-order valence-electron chi connectivity index (χ0n) is 13.7. The minimum atomic E-state index is -4.12. The maximum atomic E-state index is 12.7. The van der Waals surface area contributed by atoms with Gasteiger partial charge in [0.2, 0.25) is 12.4 Å². The number of hydrogen-bond donors (Lipinski definition) is 1. The third-order valence-corrected chi connectivity index (χ3v) is 6.02. The lowest BCUT2D eigenvalue weighted by Gasteiger charge is -2.09. The van der Waals surface area contributed by atoms with Crippen molar-refractivity contribution in [3.05, 3.63) is 40.7 Å². The van der Waals surface area contributed by atoms with E-state index in [4.69, 9.17) is 0 Å². The van der Waals surface area contributed by atoms with Gasteiger partial charge in [-0.05, 0) is 24.6 Å². The Morgan fingerprint density at radius 1 is 1.19 bits per heavy atom. The van der Waals surface area contributed by atoms with Gasteiger partial charge in [0.05, 0.1) is 0 Å². The number of sulfonamides is 1. The molecule has 0 aliphatic heterocycles. The molecule has 0 fully saturated rings. The van der Waals surface area contributed by atoms with Gasteiger partial charge in [-0.1, -0.05) is 0 Å². The summed E-state index contributed by atoms with van der Waals surface area (Å²) in [6.45, 7) is 1.47. The van der Waals surface area contributed by atoms with Gasteiger partial charge in [0.15, 0.2) is 0 Å². The van der Waals surface area contributed by atoms with Crippen molar-refractivity contribution in [1.29, 1.82) is 0 Å². The average molecular weight is 420 g/mol. The van der Waals surface area contributed by atoms with E-state index in [-0.39, 0.29) is 32.3 Å². The monoisotopic (exact) mass is 420 g/mol. The van der Waals surface area contributed by atoms with E-state index >= 15 is 0 Å². The summed E-state index contributed by atoms with van der Waals surface area (Å²) in [5.74, 6) is -0.276. The summed E-state index contributed by atoms with van der Waals surface area (Å²) in [6, 6.07) is 2.31. The van der Waals surface area contributed by atoms with Crippen molar-refractivity contribution in [2.45, 2.75) is 31.1 Å². The topological polar surface area (TPSA) is 84.8 Å². The molecule has 144 valence electrons. The molecule has 1 N–H and O–H groups in total. The Bertz CT molecular complexity index is 1090. The van der Waals surface area contributed by atoms with Crippen LogP contribution < -0.4 is 4.72 Å². The van der Waals surface area contributed by atoms with Crippen LogP contribution in [0.25, 0.3) is 10.2 Å². The molecule has 0 bridgehead atoms. The zero-order chi connectivity index (χ0) is 19.8. The van der Waals surface area contributed by atoms with E-state index in [0.717, 1.165) is 23.6 Å². The van der Waals surface area contributed by atoms with Gasteiger partial charge >= 0.3 is 0 Å². The highest BCUT2D eigenvalue weighted by Gasteiger charge is 2.22. The molecule has 0 saturated carbocycles. The molecule has 0 unspecified atom stereocenters. The van der Waals surface area contributed by atoms with Gasteiger partial charge in [-0.3, -0.25) is 0 Å². The highest BCUT2D eigenvalue weighted by atomic mass is 32.2. The average Bonchev–Trinajstić information content (AvgIpc) is 3.00. The molecule has 0 atom stereocenters. The lowest BCUT2D eigenvalue weighted by Crippen LogP contribution is -2.15. The first-order chi connectivity index (χ1) is 12.7. The lowest BCUT2D eigenvalue weighted by atomic mass is 10.2. The van der Waals surface area contributed by atoms with Crippen LogP contribution in [0.3, 0.4) is 0 Å². The van der Waals surface area contributed by atoms with Gasteiger partial charge < -0.3 is 0 Å². The number of halogens is 4. The molecule has 0 radical (unpaired) electrons. The normalized spacial score (nSPS) is 12.3. The second-order valence-electron chi connectivity index (χ2n) is 5.49. The van der Waals surface area contributed by atoms with Crippen LogP contribution in [0.1, 0.15) is 23.4 Å². The number of fused-ring (bicyclic) bond motifs is 1. The van der Waals surface area contributed by atoms with Crippen LogP contribution in [0.2, 0.25) is 0 Å². The molecule has 27 heavy (non-hydrogen) atoms. The Labute approximate surface area is 155 Å². The molecular weight excluding hydrogens is 408 g/mol. The standard InChI is InChI=1S/C15H12F4N4O2S2/c1-7-8(4-12(16)17)5-20-15(21-7)23-27(24,25)11-6-26-14-9(11)2-3-10(22-14)13(18)19/h2-3,5-6,12-13H,4H2,1H3,(H,20,21,23). The Hall–Kier alpha value is -2.34. The van der Waals surface area contributed by atoms with Gasteiger partial charge in [-0.2, -0.15) is 0 Å². The highest BCUT2D eigenvalue weighted by Crippen LogP contribution is 2.31. The van der Waals surface area contributed by atoms with E-state index in [1.54, 1.807) is 0 Å². The number of nitrogens with one attached hydrogen (secondary N) is 1. The Morgan fingerprint density at radius 2 is 1.93 bits per heavy atom. The quantitative estimate of drug-likeness (QED) is 0.611. The predicted molar refractivity (Wildman–Crippen MR) is 91.9 cm³/mol. The summed E-state index contributed by atoms with van der Waals surface area (Å²) < 4.78 is 77.7. The lowest BCUT2D eigenvalue weighted by molar-refractivity contribution is 0.146. The maximum absolute atomic E-state index is 12.7. The van der Waals surface area contributed by atoms with Crippen LogP contribution in [0.5, 0.6) is 0 Å². The second kappa shape index (κ2) is 7.35. The van der Waals surface area contributed by atoms with Crippen molar-refractivity contribution in [2.24, 2.45) is 0 Å². The molecule has 0 amide bonds. The summed E-state index contributed by atoms with van der Waals surface area (Å²) in [7, 11) is -4.12. The fourth-order valence-corrected chi connectivity index (χ4v) is 4.74. The van der Waals surface area contributed by atoms with Crippen molar-refractivity contribution in [3.63, 3.8) is 0 Å². The molecule has 6 nitrogen and oxygen atoms in total. The maximum Gasteiger partial charge on any atom is 0.280 e. The summed E-state index contributed by atoms with van der Waals surface area (Å²) >= 11 is 0.908. The van der Waals surface area contributed by atoms with E-state index in [1.807, 2.05) is 0 Å². The number of rotatable bonds is 6. The van der Waals surface area contributed by atoms with Crippen molar-refractivity contribution >= 4 is 37.5 Å². The minimum absolute atomic E-state index is 0.151. The molecule has 0 aliphatic rings. The summed E-state index contributed by atoms with van der Waals surface area (Å²) in [5, 5.41) is 1.45. The van der Waals surface area contributed by atoms with E-state index in [1.165, 1.54) is 18.4 Å². The molecule has 0 aromatic carbocycles. The third-order valence-electron chi connectivity index (χ3n) is 3.62. The van der Waals surface area contributed by atoms with E-state index in [0.29, 0.717) is 0 Å². The Balaban J connectivity index is 1.91. The first-order valence-corrected chi connectivity index (χ1v) is 9.83. The smallest absolute Gasteiger partial charge is 0.247 e. The second-order valence-corrected chi connectivity index (χ2v) is 8.00. The molecule has 0 aliphatic carbocycles. The number of aryl methyl sites for hydroxylation is 1. The van der Waals surface area contributed by atoms with Gasteiger partial charge in [0.1, 0.15) is 15.4 Å². The minimum Gasteiger partial charge on any atom is -0.247 e. The number of aromatic nitrogens is 3. The number of nitrogens with zero attached hydrogens (tertiary/aromatic N) is 3. The highest BCUT2D eigenvalue weighted by molar-refractivity contribution is 7.93. The van der Waals surface area contributed by atoms with Gasteiger partial charge in [-0.15, -0.1) is 11.3 Å². The molecule has 0 saturated heterocycles. The number of hydrogen-bond acceptors (Lipinski definition) is 6. The predicted octanol–water partition coefficient (Wildman–Crippen LogP) is 3.94. The van der Waals surface area contributed by atoms with Crippen molar-refractivity contribution < 1.29 is 26.0 Å². The molecule has 3 aromatic rings. The number of alkyl halides is 4. The van der Waals surface area contributed by atoms with Crippen LogP contribution in [-0.4, -0.2) is 29.8 Å². The SMILES string of the molecule is Cc1nc(NS(=O)(=O)c2csc3nc(C(F)F)ccc23)ncc1CC(F)F. The van der Waals surface area contributed by atoms with Gasteiger partial charge in [0.25, 0.3) is 16.4 Å². The number of thiophene rings is 1.